The molecule has 0 fully saturated rings. The van der Waals surface area contributed by atoms with Crippen LogP contribution in [0.2, 0.25) is 0 Å². The molecule has 0 unspecified atom stereocenters. The van der Waals surface area contributed by atoms with Crippen LogP contribution in [0, 0.1) is 0 Å². The third-order valence-electron chi connectivity index (χ3n) is 9.12. The molecule has 2 aliphatic heterocycles. The number of hydrogen-bond donors (Lipinski definition) is 0. The lowest BCUT2D eigenvalue weighted by Crippen LogP contribution is -2.57. The van der Waals surface area contributed by atoms with Gasteiger partial charge in [0.25, 0.3) is 0 Å². The molecule has 0 spiro atoms. The normalized spacial score (nSPS) is 15.4. The van der Waals surface area contributed by atoms with E-state index in [4.69, 9.17) is 0 Å². The fourth-order valence-corrected chi connectivity index (χ4v) is 8.80. The number of fused-ring (bicyclic) bond motifs is 10. The van der Waals surface area contributed by atoms with E-state index in [9.17, 15) is 0 Å². The first-order chi connectivity index (χ1) is 18.1. The van der Waals surface area contributed by atoms with E-state index in [1.165, 1.54) is 81.1 Å². The minimum absolute atomic E-state index is 0.0257. The van der Waals surface area contributed by atoms with Crippen LogP contribution in [-0.2, 0) is 5.41 Å². The van der Waals surface area contributed by atoms with Crippen LogP contribution in [0.3, 0.4) is 0 Å². The highest BCUT2D eigenvalue weighted by molar-refractivity contribution is 8.00. The van der Waals surface area contributed by atoms with E-state index in [1.807, 2.05) is 11.8 Å². The molecule has 0 bridgehead atoms. The Balaban J connectivity index is 1.47. The molecule has 1 aliphatic carbocycles. The van der Waals surface area contributed by atoms with Gasteiger partial charge in [0.1, 0.15) is 0 Å². The van der Waals surface area contributed by atoms with E-state index >= 15 is 0 Å². The summed E-state index contributed by atoms with van der Waals surface area (Å²) in [4.78, 5) is 2.82. The highest BCUT2D eigenvalue weighted by Gasteiger charge is 2.43. The summed E-state index contributed by atoms with van der Waals surface area (Å²) < 4.78 is 0. The van der Waals surface area contributed by atoms with Crippen LogP contribution in [0.15, 0.2) is 113 Å². The molecule has 0 radical (unpaired) electrons. The molecule has 37 heavy (non-hydrogen) atoms. The van der Waals surface area contributed by atoms with Crippen LogP contribution in [0.25, 0.3) is 43.8 Å². The number of hydrogen-bond acceptors (Lipinski definition) is 1. The first kappa shape index (κ1) is 20.3. The molecule has 9 rings (SSSR count). The maximum absolute atomic E-state index is 2.58. The minimum Gasteiger partial charge on any atom is -0.0905 e. The Hall–Kier alpha value is -3.75. The van der Waals surface area contributed by atoms with E-state index in [1.54, 1.807) is 0 Å². The van der Waals surface area contributed by atoms with Gasteiger partial charge in [0.15, 0.2) is 0 Å². The first-order valence-electron chi connectivity index (χ1n) is 13.2. The summed E-state index contributed by atoms with van der Waals surface area (Å²) in [5, 5.41) is 5.53. The van der Waals surface area contributed by atoms with Crippen LogP contribution in [0.1, 0.15) is 25.0 Å². The third kappa shape index (κ3) is 2.39. The van der Waals surface area contributed by atoms with Crippen molar-refractivity contribution in [2.24, 2.45) is 0 Å². The van der Waals surface area contributed by atoms with Gasteiger partial charge in [0, 0.05) is 15.2 Å². The van der Waals surface area contributed by atoms with Crippen molar-refractivity contribution in [2.45, 2.75) is 29.1 Å². The van der Waals surface area contributed by atoms with Crippen molar-refractivity contribution in [1.82, 2.24) is 0 Å². The second kappa shape index (κ2) is 6.76. The molecule has 0 saturated heterocycles. The Morgan fingerprint density at radius 1 is 0.622 bits per heavy atom. The van der Waals surface area contributed by atoms with Gasteiger partial charge in [-0.05, 0) is 66.5 Å². The molecule has 2 heterocycles. The van der Waals surface area contributed by atoms with Crippen molar-refractivity contribution in [3.05, 3.63) is 114 Å². The van der Waals surface area contributed by atoms with Crippen molar-refractivity contribution in [3.8, 4) is 22.3 Å². The average Bonchev–Trinajstić information content (AvgIpc) is 3.17. The van der Waals surface area contributed by atoms with Crippen molar-refractivity contribution < 1.29 is 0 Å². The van der Waals surface area contributed by atoms with Crippen LogP contribution in [0.4, 0.5) is 0 Å². The van der Waals surface area contributed by atoms with E-state index in [0.29, 0.717) is 0 Å². The van der Waals surface area contributed by atoms with Gasteiger partial charge in [-0.15, -0.1) is 0 Å². The van der Waals surface area contributed by atoms with E-state index in [-0.39, 0.29) is 12.1 Å². The zero-order valence-electron chi connectivity index (χ0n) is 20.8. The van der Waals surface area contributed by atoms with E-state index in [2.05, 4.69) is 117 Å². The van der Waals surface area contributed by atoms with Gasteiger partial charge in [-0.3, -0.25) is 0 Å². The summed E-state index contributed by atoms with van der Waals surface area (Å²) in [6.07, 6.45) is 0. The second-order valence-corrected chi connectivity index (χ2v) is 12.3. The maximum Gasteiger partial charge on any atom is 0.245 e. The van der Waals surface area contributed by atoms with Crippen LogP contribution < -0.4 is 16.4 Å². The van der Waals surface area contributed by atoms with Gasteiger partial charge >= 0.3 is 0 Å². The van der Waals surface area contributed by atoms with Gasteiger partial charge in [-0.25, -0.2) is 0 Å². The largest absolute Gasteiger partial charge is 0.245 e. The first-order valence-corrected chi connectivity index (χ1v) is 14.0. The summed E-state index contributed by atoms with van der Waals surface area (Å²) in [5.74, 6) is 0. The molecule has 2 heteroatoms. The SMILES string of the molecule is CC1(C)c2ccccc2-c2c1cc1c3c(cccc23)-c2cccc3c2B1c1ccc2ccccc2c1S3. The van der Waals surface area contributed by atoms with Crippen LogP contribution in [0.5, 0.6) is 0 Å². The summed E-state index contributed by atoms with van der Waals surface area (Å²) in [5.41, 5.74) is 12.9. The molecule has 3 aliphatic rings. The van der Waals surface area contributed by atoms with Crippen molar-refractivity contribution in [2.75, 3.05) is 0 Å². The van der Waals surface area contributed by atoms with E-state index < -0.39 is 0 Å². The van der Waals surface area contributed by atoms with Gasteiger partial charge in [-0.1, -0.05) is 134 Å². The smallest absolute Gasteiger partial charge is 0.0905 e. The van der Waals surface area contributed by atoms with Crippen LogP contribution >= 0.6 is 11.8 Å². The fourth-order valence-electron chi connectivity index (χ4n) is 7.50. The molecule has 0 atom stereocenters. The Morgan fingerprint density at radius 2 is 1.38 bits per heavy atom. The summed E-state index contributed by atoms with van der Waals surface area (Å²) >= 11 is 1.96. The molecule has 0 aromatic heterocycles. The molecule has 0 nitrogen and oxygen atoms in total. The number of rotatable bonds is 0. The summed E-state index contributed by atoms with van der Waals surface area (Å²) in [6.45, 7) is 5.05. The Labute approximate surface area is 221 Å². The summed E-state index contributed by atoms with van der Waals surface area (Å²) in [6, 6.07) is 39.1. The Bertz CT molecular complexity index is 2000. The van der Waals surface area contributed by atoms with Crippen molar-refractivity contribution in [3.63, 3.8) is 0 Å². The highest BCUT2D eigenvalue weighted by Crippen LogP contribution is 2.52. The molecule has 0 amide bonds. The molecule has 6 aromatic rings. The number of benzene rings is 6. The monoisotopic (exact) mass is 486 g/mol. The maximum atomic E-state index is 2.58. The van der Waals surface area contributed by atoms with Crippen molar-refractivity contribution in [1.29, 1.82) is 0 Å². The zero-order valence-corrected chi connectivity index (χ0v) is 21.6. The standard InChI is InChI=1S/C35H23BS/c1-35(2)26-15-6-5-11-24(26)31-25-14-7-12-22-23-13-8-16-30-33(23)36(29(32(22)25)19-27(31)35)28-18-17-20-9-3-4-10-21(20)34(28)37-30/h3-19H,1-2H3. The zero-order chi connectivity index (χ0) is 24.5. The lowest BCUT2D eigenvalue weighted by atomic mass is 9.33. The van der Waals surface area contributed by atoms with Gasteiger partial charge < -0.3 is 0 Å². The Kier molecular flexibility index (Phi) is 3.72. The quantitative estimate of drug-likeness (QED) is 0.203. The molecule has 6 aromatic carbocycles. The predicted octanol–water partition coefficient (Wildman–Crippen LogP) is 7.26. The van der Waals surface area contributed by atoms with Crippen molar-refractivity contribution >= 4 is 56.4 Å². The Morgan fingerprint density at radius 3 is 2.32 bits per heavy atom. The van der Waals surface area contributed by atoms with Gasteiger partial charge in [-0.2, -0.15) is 0 Å². The molecule has 172 valence electrons. The summed E-state index contributed by atoms with van der Waals surface area (Å²) in [7, 11) is 0. The lowest BCUT2D eigenvalue weighted by Gasteiger charge is -2.35. The third-order valence-corrected chi connectivity index (χ3v) is 10.4. The highest BCUT2D eigenvalue weighted by atomic mass is 32.2. The topological polar surface area (TPSA) is 0 Å². The average molecular weight is 486 g/mol. The molecular formula is C35H23BS. The van der Waals surface area contributed by atoms with E-state index in [0.717, 1.165) is 0 Å². The van der Waals surface area contributed by atoms with Gasteiger partial charge in [0.05, 0.1) is 0 Å². The van der Waals surface area contributed by atoms with Crippen LogP contribution in [-0.4, -0.2) is 6.71 Å². The minimum atomic E-state index is -0.0257. The van der Waals surface area contributed by atoms with Gasteiger partial charge in [0.2, 0.25) is 6.71 Å². The lowest BCUT2D eigenvalue weighted by molar-refractivity contribution is 0.661. The predicted molar refractivity (Wildman–Crippen MR) is 160 cm³/mol. The molecular weight excluding hydrogens is 463 g/mol. The second-order valence-electron chi connectivity index (χ2n) is 11.2. The molecule has 0 N–H and O–H groups in total. The fraction of sp³-hybridized carbons (Fsp3) is 0.0857. The molecule has 0 saturated carbocycles.